The van der Waals surface area contributed by atoms with Crippen LogP contribution in [0.25, 0.3) is 0 Å². The Hall–Kier alpha value is -2.72. The largest absolute Gasteiger partial charge is 0.481 e. The summed E-state index contributed by atoms with van der Waals surface area (Å²) >= 11 is 1.73. The van der Waals surface area contributed by atoms with Gasteiger partial charge in [0.15, 0.2) is 0 Å². The predicted octanol–water partition coefficient (Wildman–Crippen LogP) is 4.53. The third-order valence-corrected chi connectivity index (χ3v) is 3.95. The van der Waals surface area contributed by atoms with Crippen molar-refractivity contribution < 1.29 is 9.90 Å². The van der Waals surface area contributed by atoms with Crippen molar-refractivity contribution in [1.82, 2.24) is 0 Å². The molecule has 0 aliphatic rings. The summed E-state index contributed by atoms with van der Waals surface area (Å²) in [7, 11) is 0. The molecule has 0 heterocycles. The molecule has 0 aromatic heterocycles. The maximum atomic E-state index is 10.3. The molecule has 26 heavy (non-hydrogen) atoms. The second-order valence-corrected chi connectivity index (χ2v) is 6.34. The van der Waals surface area contributed by atoms with E-state index in [2.05, 4.69) is 78.6 Å². The normalized spacial score (nSPS) is 8.50. The molecule has 132 valence electrons. The van der Waals surface area contributed by atoms with Crippen LogP contribution in [0.1, 0.15) is 44.1 Å². The van der Waals surface area contributed by atoms with E-state index in [9.17, 15) is 4.79 Å². The number of carboxylic acids is 1. The predicted molar refractivity (Wildman–Crippen MR) is 108 cm³/mol. The highest BCUT2D eigenvalue weighted by Crippen LogP contribution is 2.17. The van der Waals surface area contributed by atoms with E-state index in [1.165, 1.54) is 10.5 Å². The Morgan fingerprint density at radius 1 is 0.885 bits per heavy atom. The quantitative estimate of drug-likeness (QED) is 0.475. The lowest BCUT2D eigenvalue weighted by atomic mass is 10.2. The number of rotatable bonds is 5. The first-order valence-electron chi connectivity index (χ1n) is 8.42. The van der Waals surface area contributed by atoms with Crippen molar-refractivity contribution >= 4 is 17.7 Å². The van der Waals surface area contributed by atoms with Crippen molar-refractivity contribution in [2.75, 3.05) is 5.75 Å². The SMILES string of the molecule is Cc1ccc(SCC#CCC#CCC#CCC#CCCCC(=O)O)cc1. The molecule has 0 aliphatic carbocycles. The van der Waals surface area contributed by atoms with Crippen LogP contribution in [-0.2, 0) is 4.79 Å². The lowest BCUT2D eigenvalue weighted by Gasteiger charge is -1.96. The second kappa shape index (κ2) is 14.6. The van der Waals surface area contributed by atoms with Crippen molar-refractivity contribution in [3.8, 4) is 47.4 Å². The number of hydrogen-bond donors (Lipinski definition) is 1. The Morgan fingerprint density at radius 3 is 2.00 bits per heavy atom. The first-order valence-corrected chi connectivity index (χ1v) is 9.41. The third kappa shape index (κ3) is 12.7. The van der Waals surface area contributed by atoms with Crippen LogP contribution in [0.3, 0.4) is 0 Å². The molecule has 3 heteroatoms. The number of thioether (sulfide) groups is 1. The summed E-state index contributed by atoms with van der Waals surface area (Å²) in [6, 6.07) is 8.43. The van der Waals surface area contributed by atoms with Gasteiger partial charge in [-0.25, -0.2) is 0 Å². The van der Waals surface area contributed by atoms with E-state index in [0.29, 0.717) is 32.1 Å². The van der Waals surface area contributed by atoms with Crippen molar-refractivity contribution in [1.29, 1.82) is 0 Å². The Bertz CT molecular complexity index is 806. The summed E-state index contributed by atoms with van der Waals surface area (Å²) in [6.45, 7) is 2.08. The van der Waals surface area contributed by atoms with Crippen LogP contribution in [0.5, 0.6) is 0 Å². The third-order valence-electron chi connectivity index (χ3n) is 3.05. The average molecular weight is 362 g/mol. The zero-order chi connectivity index (χ0) is 18.9. The zero-order valence-corrected chi connectivity index (χ0v) is 15.8. The number of aryl methyl sites for hydroxylation is 1. The van der Waals surface area contributed by atoms with Gasteiger partial charge in [0.2, 0.25) is 0 Å². The number of hydrogen-bond acceptors (Lipinski definition) is 2. The van der Waals surface area contributed by atoms with E-state index in [4.69, 9.17) is 5.11 Å². The number of carboxylic acid groups (broad SMARTS) is 1. The Labute approximate surface area is 161 Å². The number of aliphatic carboxylic acids is 1. The molecular formula is C23H22O2S. The molecule has 1 rings (SSSR count). The standard InChI is InChI=1S/C23H22O2S/c1-21-16-18-22(19-17-21)26-20-14-12-10-8-6-4-2-3-5-7-9-11-13-15-23(24)25/h16-19H,4-5,10-11,13,15,20H2,1H3,(H,24,25). The van der Waals surface area contributed by atoms with Crippen LogP contribution in [0.15, 0.2) is 29.2 Å². The maximum absolute atomic E-state index is 10.3. The maximum Gasteiger partial charge on any atom is 0.303 e. The topological polar surface area (TPSA) is 37.3 Å². The van der Waals surface area contributed by atoms with Crippen LogP contribution in [0, 0.1) is 54.3 Å². The van der Waals surface area contributed by atoms with Crippen LogP contribution in [-0.4, -0.2) is 16.8 Å². The molecule has 0 unspecified atom stereocenters. The minimum Gasteiger partial charge on any atom is -0.481 e. The van der Waals surface area contributed by atoms with Gasteiger partial charge in [0.25, 0.3) is 0 Å². The van der Waals surface area contributed by atoms with Crippen molar-refractivity contribution in [3.05, 3.63) is 29.8 Å². The molecular weight excluding hydrogens is 340 g/mol. The molecule has 0 amide bonds. The minimum absolute atomic E-state index is 0.170. The van der Waals surface area contributed by atoms with Gasteiger partial charge in [-0.15, -0.1) is 17.7 Å². The summed E-state index contributed by atoms with van der Waals surface area (Å²) in [5.41, 5.74) is 1.27. The van der Waals surface area contributed by atoms with Gasteiger partial charge in [-0.2, -0.15) is 0 Å². The summed E-state index contributed by atoms with van der Waals surface area (Å²) in [6.07, 6.45) is 2.97. The second-order valence-electron chi connectivity index (χ2n) is 5.29. The molecule has 2 nitrogen and oxygen atoms in total. The molecule has 0 saturated carbocycles. The lowest BCUT2D eigenvalue weighted by Crippen LogP contribution is -1.92. The van der Waals surface area contributed by atoms with Gasteiger partial charge in [0, 0.05) is 17.7 Å². The van der Waals surface area contributed by atoms with Gasteiger partial charge >= 0.3 is 5.97 Å². The summed E-state index contributed by atoms with van der Waals surface area (Å²) in [4.78, 5) is 11.5. The van der Waals surface area contributed by atoms with Crippen molar-refractivity contribution in [3.63, 3.8) is 0 Å². The van der Waals surface area contributed by atoms with Gasteiger partial charge in [-0.05, 0) is 25.5 Å². The molecule has 0 bridgehead atoms. The van der Waals surface area contributed by atoms with E-state index >= 15 is 0 Å². The molecule has 0 saturated heterocycles. The molecule has 1 N–H and O–H groups in total. The summed E-state index contributed by atoms with van der Waals surface area (Å²) in [5, 5.41) is 8.48. The van der Waals surface area contributed by atoms with Crippen molar-refractivity contribution in [2.24, 2.45) is 0 Å². The van der Waals surface area contributed by atoms with Crippen molar-refractivity contribution in [2.45, 2.75) is 50.3 Å². The van der Waals surface area contributed by atoms with Crippen LogP contribution < -0.4 is 0 Å². The molecule has 0 atom stereocenters. The molecule has 0 radical (unpaired) electrons. The van der Waals surface area contributed by atoms with E-state index in [1.54, 1.807) is 11.8 Å². The number of carbonyl (C=O) groups is 1. The lowest BCUT2D eigenvalue weighted by molar-refractivity contribution is -0.137. The summed E-state index contributed by atoms with van der Waals surface area (Å²) in [5.74, 6) is 23.8. The van der Waals surface area contributed by atoms with Gasteiger partial charge in [-0.1, -0.05) is 59.1 Å². The fourth-order valence-electron chi connectivity index (χ4n) is 1.73. The first-order chi connectivity index (χ1) is 12.7. The average Bonchev–Trinajstić information content (AvgIpc) is 2.62. The highest BCUT2D eigenvalue weighted by Gasteiger charge is 1.92. The molecule has 1 aromatic carbocycles. The van der Waals surface area contributed by atoms with E-state index in [0.717, 1.165) is 5.75 Å². The van der Waals surface area contributed by atoms with Crippen LogP contribution >= 0.6 is 11.8 Å². The monoisotopic (exact) mass is 362 g/mol. The number of benzene rings is 1. The fourth-order valence-corrected chi connectivity index (χ4v) is 2.40. The highest BCUT2D eigenvalue weighted by atomic mass is 32.2. The highest BCUT2D eigenvalue weighted by molar-refractivity contribution is 7.99. The smallest absolute Gasteiger partial charge is 0.303 e. The van der Waals surface area contributed by atoms with Gasteiger partial charge in [0.05, 0.1) is 25.0 Å². The van der Waals surface area contributed by atoms with E-state index < -0.39 is 5.97 Å². The summed E-state index contributed by atoms with van der Waals surface area (Å²) < 4.78 is 0. The first kappa shape index (κ1) is 21.3. The fraction of sp³-hybridized carbons (Fsp3) is 0.348. The molecule has 0 aliphatic heterocycles. The number of unbranched alkanes of at least 4 members (excludes halogenated alkanes) is 1. The van der Waals surface area contributed by atoms with Crippen LogP contribution in [0.2, 0.25) is 0 Å². The molecule has 0 spiro atoms. The Morgan fingerprint density at radius 2 is 1.42 bits per heavy atom. The Balaban J connectivity index is 2.08. The van der Waals surface area contributed by atoms with Gasteiger partial charge in [0.1, 0.15) is 0 Å². The van der Waals surface area contributed by atoms with Gasteiger partial charge in [-0.3, -0.25) is 4.79 Å². The van der Waals surface area contributed by atoms with Gasteiger partial charge < -0.3 is 5.11 Å². The Kier molecular flexibility index (Phi) is 12.0. The molecule has 0 fully saturated rings. The zero-order valence-electron chi connectivity index (χ0n) is 15.0. The van der Waals surface area contributed by atoms with E-state index in [-0.39, 0.29) is 6.42 Å². The minimum atomic E-state index is -0.778. The van der Waals surface area contributed by atoms with E-state index in [1.807, 2.05) is 0 Å². The van der Waals surface area contributed by atoms with Crippen LogP contribution in [0.4, 0.5) is 0 Å². The molecule has 1 aromatic rings.